The minimum Gasteiger partial charge on any atom is -0.326 e. The van der Waals surface area contributed by atoms with Gasteiger partial charge >= 0.3 is 0 Å². The molecule has 0 aliphatic rings. The van der Waals surface area contributed by atoms with Crippen LogP contribution in [-0.2, 0) is 6.54 Å². The Morgan fingerprint density at radius 1 is 0.944 bits per heavy atom. The van der Waals surface area contributed by atoms with E-state index in [-0.39, 0.29) is 0 Å². The molecule has 0 saturated heterocycles. The fourth-order valence-corrected chi connectivity index (χ4v) is 1.80. The molecule has 2 heterocycles. The van der Waals surface area contributed by atoms with Gasteiger partial charge in [-0.1, -0.05) is 18.2 Å². The van der Waals surface area contributed by atoms with Crippen molar-refractivity contribution in [2.24, 2.45) is 5.73 Å². The molecule has 0 spiro atoms. The lowest BCUT2D eigenvalue weighted by molar-refractivity contribution is 1.01. The van der Waals surface area contributed by atoms with Gasteiger partial charge in [-0.05, 0) is 12.1 Å². The molecular weight excluding hydrogens is 224 g/mol. The normalized spacial score (nSPS) is 10.7. The quantitative estimate of drug-likeness (QED) is 0.740. The van der Waals surface area contributed by atoms with Crippen LogP contribution in [0.5, 0.6) is 0 Å². The van der Waals surface area contributed by atoms with Crippen LogP contribution in [0.1, 0.15) is 5.56 Å². The van der Waals surface area contributed by atoms with Crippen molar-refractivity contribution in [2.45, 2.75) is 6.54 Å². The highest BCUT2D eigenvalue weighted by atomic mass is 14.9. The lowest BCUT2D eigenvalue weighted by Gasteiger charge is -2.02. The zero-order valence-electron chi connectivity index (χ0n) is 9.74. The average Bonchev–Trinajstić information content (AvgIpc) is 2.47. The predicted octanol–water partition coefficient (Wildman–Crippen LogP) is 2.15. The van der Waals surface area contributed by atoms with E-state index in [0.717, 1.165) is 22.0 Å². The molecule has 3 aromatic rings. The Bertz CT molecular complexity index is 677. The molecule has 0 fully saturated rings. The van der Waals surface area contributed by atoms with Gasteiger partial charge < -0.3 is 5.73 Å². The zero-order valence-corrected chi connectivity index (χ0v) is 9.74. The van der Waals surface area contributed by atoms with Crippen LogP contribution in [0.25, 0.3) is 22.3 Å². The van der Waals surface area contributed by atoms with Gasteiger partial charge in [0, 0.05) is 41.6 Å². The number of hydrogen-bond acceptors (Lipinski definition) is 4. The average molecular weight is 236 g/mol. The van der Waals surface area contributed by atoms with Gasteiger partial charge in [-0.3, -0.25) is 4.98 Å². The van der Waals surface area contributed by atoms with Gasteiger partial charge in [-0.15, -0.1) is 0 Å². The molecular formula is C14H12N4. The van der Waals surface area contributed by atoms with Gasteiger partial charge in [0.05, 0.1) is 5.52 Å². The summed E-state index contributed by atoms with van der Waals surface area (Å²) in [4.78, 5) is 13.0. The van der Waals surface area contributed by atoms with Crippen molar-refractivity contribution in [1.82, 2.24) is 15.0 Å². The molecule has 0 aliphatic carbocycles. The van der Waals surface area contributed by atoms with E-state index in [1.807, 2.05) is 30.3 Å². The minimum atomic E-state index is 0.455. The number of rotatable bonds is 2. The molecule has 0 amide bonds. The summed E-state index contributed by atoms with van der Waals surface area (Å²) in [6.07, 6.45) is 5.29. The van der Waals surface area contributed by atoms with E-state index < -0.39 is 0 Å². The smallest absolute Gasteiger partial charge is 0.160 e. The summed E-state index contributed by atoms with van der Waals surface area (Å²) in [6, 6.07) is 10.0. The Morgan fingerprint density at radius 2 is 1.72 bits per heavy atom. The molecule has 1 aromatic carbocycles. The molecule has 88 valence electrons. The summed E-state index contributed by atoms with van der Waals surface area (Å²) in [6.45, 7) is 0.455. The maximum atomic E-state index is 5.52. The molecule has 0 radical (unpaired) electrons. The monoisotopic (exact) mass is 236 g/mol. The Balaban J connectivity index is 2.07. The van der Waals surface area contributed by atoms with Crippen LogP contribution in [0.3, 0.4) is 0 Å². The number of pyridine rings is 1. The molecule has 0 unspecified atom stereocenters. The first kappa shape index (κ1) is 10.8. The van der Waals surface area contributed by atoms with E-state index in [1.165, 1.54) is 0 Å². The molecule has 0 saturated carbocycles. The first-order chi connectivity index (χ1) is 8.86. The van der Waals surface area contributed by atoms with Crippen molar-refractivity contribution >= 4 is 10.9 Å². The summed E-state index contributed by atoms with van der Waals surface area (Å²) in [7, 11) is 0. The first-order valence-corrected chi connectivity index (χ1v) is 5.73. The van der Waals surface area contributed by atoms with Gasteiger partial charge in [0.2, 0.25) is 0 Å². The SMILES string of the molecule is NCc1cnc(-c2cnc3ccccc3c2)nc1. The number of nitrogens with zero attached hydrogens (tertiary/aromatic N) is 3. The van der Waals surface area contributed by atoms with Crippen molar-refractivity contribution in [3.05, 3.63) is 54.5 Å². The maximum absolute atomic E-state index is 5.52. The van der Waals surface area contributed by atoms with E-state index in [0.29, 0.717) is 12.4 Å². The number of aromatic nitrogens is 3. The van der Waals surface area contributed by atoms with Crippen LogP contribution >= 0.6 is 0 Å². The summed E-state index contributed by atoms with van der Waals surface area (Å²) in [5.74, 6) is 0.672. The van der Waals surface area contributed by atoms with Crippen LogP contribution in [0.4, 0.5) is 0 Å². The van der Waals surface area contributed by atoms with Gasteiger partial charge in [0.15, 0.2) is 5.82 Å². The lowest BCUT2D eigenvalue weighted by atomic mass is 10.1. The summed E-state index contributed by atoms with van der Waals surface area (Å²) < 4.78 is 0. The van der Waals surface area contributed by atoms with Crippen molar-refractivity contribution in [3.8, 4) is 11.4 Å². The second-order valence-corrected chi connectivity index (χ2v) is 4.04. The third-order valence-corrected chi connectivity index (χ3v) is 2.79. The molecule has 4 heteroatoms. The second-order valence-electron chi connectivity index (χ2n) is 4.04. The molecule has 3 rings (SSSR count). The van der Waals surface area contributed by atoms with E-state index in [1.54, 1.807) is 18.6 Å². The highest BCUT2D eigenvalue weighted by Gasteiger charge is 2.03. The van der Waals surface area contributed by atoms with E-state index in [4.69, 9.17) is 5.73 Å². The number of benzene rings is 1. The van der Waals surface area contributed by atoms with Gasteiger partial charge in [-0.25, -0.2) is 9.97 Å². The Hall–Kier alpha value is -2.33. The van der Waals surface area contributed by atoms with Crippen molar-refractivity contribution in [1.29, 1.82) is 0 Å². The van der Waals surface area contributed by atoms with Crippen LogP contribution in [0.15, 0.2) is 48.9 Å². The topological polar surface area (TPSA) is 64.7 Å². The highest BCUT2D eigenvalue weighted by Crippen LogP contribution is 2.19. The minimum absolute atomic E-state index is 0.455. The van der Waals surface area contributed by atoms with Gasteiger partial charge in [-0.2, -0.15) is 0 Å². The number of nitrogens with two attached hydrogens (primary N) is 1. The number of para-hydroxylation sites is 1. The molecule has 2 N–H and O–H groups in total. The maximum Gasteiger partial charge on any atom is 0.160 e. The number of hydrogen-bond donors (Lipinski definition) is 1. The van der Waals surface area contributed by atoms with Crippen molar-refractivity contribution < 1.29 is 0 Å². The fourth-order valence-electron chi connectivity index (χ4n) is 1.80. The predicted molar refractivity (Wildman–Crippen MR) is 70.7 cm³/mol. The van der Waals surface area contributed by atoms with Crippen molar-refractivity contribution in [3.63, 3.8) is 0 Å². The lowest BCUT2D eigenvalue weighted by Crippen LogP contribution is -1.99. The number of fused-ring (bicyclic) bond motifs is 1. The molecule has 2 aromatic heterocycles. The molecule has 0 atom stereocenters. The molecule has 18 heavy (non-hydrogen) atoms. The third kappa shape index (κ3) is 1.94. The fraction of sp³-hybridized carbons (Fsp3) is 0.0714. The Labute approximate surface area is 105 Å². The van der Waals surface area contributed by atoms with E-state index in [9.17, 15) is 0 Å². The highest BCUT2D eigenvalue weighted by molar-refractivity contribution is 5.82. The van der Waals surface area contributed by atoms with Gasteiger partial charge in [0.1, 0.15) is 0 Å². The Kier molecular flexibility index (Phi) is 2.70. The van der Waals surface area contributed by atoms with E-state index >= 15 is 0 Å². The zero-order chi connectivity index (χ0) is 12.4. The second kappa shape index (κ2) is 4.50. The summed E-state index contributed by atoms with van der Waals surface area (Å²) >= 11 is 0. The van der Waals surface area contributed by atoms with Crippen LogP contribution in [-0.4, -0.2) is 15.0 Å². The van der Waals surface area contributed by atoms with Crippen molar-refractivity contribution in [2.75, 3.05) is 0 Å². The summed E-state index contributed by atoms with van der Waals surface area (Å²) in [5.41, 5.74) is 8.33. The largest absolute Gasteiger partial charge is 0.326 e. The standard InChI is InChI=1S/C14H12N4/c15-6-10-7-17-14(18-8-10)12-5-11-3-1-2-4-13(11)16-9-12/h1-5,7-9H,6,15H2. The first-order valence-electron chi connectivity index (χ1n) is 5.73. The van der Waals surface area contributed by atoms with Gasteiger partial charge in [0.25, 0.3) is 0 Å². The van der Waals surface area contributed by atoms with Crippen LogP contribution in [0.2, 0.25) is 0 Å². The Morgan fingerprint density at radius 3 is 2.50 bits per heavy atom. The van der Waals surface area contributed by atoms with Crippen LogP contribution < -0.4 is 5.73 Å². The molecule has 0 bridgehead atoms. The third-order valence-electron chi connectivity index (χ3n) is 2.79. The van der Waals surface area contributed by atoms with E-state index in [2.05, 4.69) is 15.0 Å². The molecule has 4 nitrogen and oxygen atoms in total. The van der Waals surface area contributed by atoms with Crippen LogP contribution in [0, 0.1) is 0 Å². The summed E-state index contributed by atoms with van der Waals surface area (Å²) in [5, 5.41) is 1.08. The molecule has 0 aliphatic heterocycles.